The number of amides is 1. The smallest absolute Gasteiger partial charge is 0.216 e. The van der Waals surface area contributed by atoms with Crippen LogP contribution in [0.4, 0.5) is 0 Å². The SMILES string of the molecule is CC(=O)NCC(C)CCC1=C(C)C2C(CC3C4CCC5CC(O)CCC5(C)C4CCC32C)O1. The van der Waals surface area contributed by atoms with Gasteiger partial charge in [-0.2, -0.15) is 0 Å². The lowest BCUT2D eigenvalue weighted by Crippen LogP contribution is -2.54. The summed E-state index contributed by atoms with van der Waals surface area (Å²) in [4.78, 5) is 11.2. The maximum atomic E-state index is 11.2. The van der Waals surface area contributed by atoms with Crippen molar-refractivity contribution < 1.29 is 14.6 Å². The highest BCUT2D eigenvalue weighted by atomic mass is 16.5. The molecule has 4 nitrogen and oxygen atoms in total. The molecule has 1 amide bonds. The number of rotatable bonds is 5. The van der Waals surface area contributed by atoms with E-state index >= 15 is 0 Å². The first kappa shape index (κ1) is 23.7. The molecular formula is C29H47NO3. The number of hydrogen-bond acceptors (Lipinski definition) is 3. The Kier molecular flexibility index (Phi) is 6.16. The summed E-state index contributed by atoms with van der Waals surface area (Å²) in [5.41, 5.74) is 2.37. The molecule has 10 atom stereocenters. The molecule has 33 heavy (non-hydrogen) atoms. The highest BCUT2D eigenvalue weighted by molar-refractivity contribution is 5.72. The quantitative estimate of drug-likeness (QED) is 0.545. The topological polar surface area (TPSA) is 58.6 Å². The highest BCUT2D eigenvalue weighted by Gasteiger charge is 2.64. The van der Waals surface area contributed by atoms with E-state index in [2.05, 4.69) is 33.0 Å². The zero-order valence-electron chi connectivity index (χ0n) is 21.7. The van der Waals surface area contributed by atoms with Gasteiger partial charge >= 0.3 is 0 Å². The first-order valence-corrected chi connectivity index (χ1v) is 13.9. The van der Waals surface area contributed by atoms with Gasteiger partial charge in [0.05, 0.1) is 11.9 Å². The molecule has 0 aromatic heterocycles. The van der Waals surface area contributed by atoms with Gasteiger partial charge in [0.1, 0.15) is 6.10 Å². The van der Waals surface area contributed by atoms with Gasteiger partial charge in [-0.1, -0.05) is 20.8 Å². The van der Waals surface area contributed by atoms with Crippen LogP contribution in [0, 0.1) is 46.3 Å². The van der Waals surface area contributed by atoms with Gasteiger partial charge in [0, 0.05) is 25.8 Å². The first-order valence-electron chi connectivity index (χ1n) is 13.9. The lowest BCUT2D eigenvalue weighted by molar-refractivity contribution is -0.124. The van der Waals surface area contributed by atoms with Crippen LogP contribution < -0.4 is 5.32 Å². The Morgan fingerprint density at radius 3 is 2.64 bits per heavy atom. The van der Waals surface area contributed by atoms with Crippen LogP contribution in [0.1, 0.15) is 98.8 Å². The van der Waals surface area contributed by atoms with Crippen LogP contribution in [0.2, 0.25) is 0 Å². The molecule has 4 fully saturated rings. The van der Waals surface area contributed by atoms with Gasteiger partial charge in [-0.15, -0.1) is 0 Å². The van der Waals surface area contributed by atoms with Crippen molar-refractivity contribution in [1.29, 1.82) is 0 Å². The van der Waals surface area contributed by atoms with Gasteiger partial charge in [0.2, 0.25) is 5.91 Å². The molecule has 5 aliphatic rings. The van der Waals surface area contributed by atoms with E-state index in [0.717, 1.165) is 55.9 Å². The Labute approximate surface area is 201 Å². The van der Waals surface area contributed by atoms with Crippen LogP contribution in [0.25, 0.3) is 0 Å². The number of allylic oxidation sites excluding steroid dienone is 1. The van der Waals surface area contributed by atoms with Crippen molar-refractivity contribution in [1.82, 2.24) is 5.32 Å². The minimum absolute atomic E-state index is 0.0557. The van der Waals surface area contributed by atoms with Gasteiger partial charge in [0.15, 0.2) is 0 Å². The number of nitrogens with one attached hydrogen (secondary N) is 1. The van der Waals surface area contributed by atoms with Crippen molar-refractivity contribution in [3.63, 3.8) is 0 Å². The van der Waals surface area contributed by atoms with Crippen LogP contribution in [0.3, 0.4) is 0 Å². The van der Waals surface area contributed by atoms with Crippen LogP contribution in [-0.2, 0) is 9.53 Å². The third-order valence-corrected chi connectivity index (χ3v) is 11.4. The molecule has 0 bridgehead atoms. The number of aliphatic hydroxyl groups is 1. The van der Waals surface area contributed by atoms with Crippen molar-refractivity contribution in [2.45, 2.75) is 111 Å². The summed E-state index contributed by atoms with van der Waals surface area (Å²) < 4.78 is 6.72. The second kappa shape index (κ2) is 8.57. The third kappa shape index (κ3) is 3.87. The molecule has 186 valence electrons. The van der Waals surface area contributed by atoms with Crippen molar-refractivity contribution in [2.24, 2.45) is 46.3 Å². The van der Waals surface area contributed by atoms with E-state index in [4.69, 9.17) is 4.74 Å². The predicted octanol–water partition coefficient (Wildman–Crippen LogP) is 5.84. The minimum atomic E-state index is -0.0557. The zero-order valence-corrected chi connectivity index (χ0v) is 21.7. The normalized spacial score (nSPS) is 47.2. The fourth-order valence-corrected chi connectivity index (χ4v) is 9.62. The second-order valence-electron chi connectivity index (χ2n) is 13.2. The van der Waals surface area contributed by atoms with Crippen LogP contribution in [0.5, 0.6) is 0 Å². The van der Waals surface area contributed by atoms with Gasteiger partial charge in [-0.25, -0.2) is 0 Å². The van der Waals surface area contributed by atoms with Gasteiger partial charge in [-0.3, -0.25) is 4.79 Å². The molecule has 4 heteroatoms. The molecule has 5 rings (SSSR count). The average Bonchev–Trinajstić information content (AvgIpc) is 3.24. The Hall–Kier alpha value is -1.03. The fraction of sp³-hybridized carbons (Fsp3) is 0.897. The Bertz CT molecular complexity index is 807. The fourth-order valence-electron chi connectivity index (χ4n) is 9.62. The minimum Gasteiger partial charge on any atom is -0.494 e. The molecule has 0 radical (unpaired) electrons. The van der Waals surface area contributed by atoms with E-state index in [1.165, 1.54) is 49.9 Å². The first-order chi connectivity index (χ1) is 15.6. The van der Waals surface area contributed by atoms with E-state index in [0.29, 0.717) is 28.8 Å². The number of carbonyl (C=O) groups excluding carboxylic acids is 1. The second-order valence-corrected chi connectivity index (χ2v) is 13.2. The predicted molar refractivity (Wildman–Crippen MR) is 131 cm³/mol. The number of aliphatic hydroxyl groups excluding tert-OH is 1. The van der Waals surface area contributed by atoms with Gasteiger partial charge < -0.3 is 15.2 Å². The number of carbonyl (C=O) groups is 1. The van der Waals surface area contributed by atoms with E-state index in [1.54, 1.807) is 6.92 Å². The molecule has 4 aliphatic carbocycles. The Morgan fingerprint density at radius 1 is 1.12 bits per heavy atom. The van der Waals surface area contributed by atoms with Gasteiger partial charge in [-0.05, 0) is 111 Å². The van der Waals surface area contributed by atoms with E-state index in [-0.39, 0.29) is 12.0 Å². The Balaban J connectivity index is 1.28. The summed E-state index contributed by atoms with van der Waals surface area (Å²) in [6.45, 7) is 12.1. The Morgan fingerprint density at radius 2 is 1.88 bits per heavy atom. The summed E-state index contributed by atoms with van der Waals surface area (Å²) in [5.74, 6) is 5.62. The van der Waals surface area contributed by atoms with Crippen LogP contribution in [0.15, 0.2) is 11.3 Å². The largest absolute Gasteiger partial charge is 0.494 e. The van der Waals surface area contributed by atoms with Crippen LogP contribution >= 0.6 is 0 Å². The van der Waals surface area contributed by atoms with E-state index in [9.17, 15) is 9.90 Å². The number of fused-ring (bicyclic) bond motifs is 7. The summed E-state index contributed by atoms with van der Waals surface area (Å²) in [7, 11) is 0. The molecule has 0 spiro atoms. The van der Waals surface area contributed by atoms with Crippen molar-refractivity contribution in [3.05, 3.63) is 11.3 Å². The standard InChI is InChI=1S/C29H47NO3/c1-17(16-30-19(3)31)6-9-25-18(2)27-26(33-25)15-24-22-8-7-20-14-21(32)10-12-28(20,4)23(22)11-13-29(24,27)5/h17,20-24,26-27,32H,6-16H2,1-5H3,(H,30,31). The molecule has 0 saturated heterocycles. The molecule has 1 aliphatic heterocycles. The van der Waals surface area contributed by atoms with E-state index in [1.807, 2.05) is 0 Å². The molecular weight excluding hydrogens is 410 g/mol. The van der Waals surface area contributed by atoms with Crippen molar-refractivity contribution in [3.8, 4) is 0 Å². The number of hydrogen-bond donors (Lipinski definition) is 2. The molecule has 1 heterocycles. The summed E-state index contributed by atoms with van der Waals surface area (Å²) in [6.07, 6.45) is 12.4. The maximum Gasteiger partial charge on any atom is 0.216 e. The molecule has 0 aromatic carbocycles. The monoisotopic (exact) mass is 457 g/mol. The lowest BCUT2D eigenvalue weighted by atomic mass is 9.44. The summed E-state index contributed by atoms with van der Waals surface area (Å²) in [6, 6.07) is 0. The molecule has 4 saturated carbocycles. The average molecular weight is 458 g/mol. The summed E-state index contributed by atoms with van der Waals surface area (Å²) >= 11 is 0. The van der Waals surface area contributed by atoms with Crippen LogP contribution in [-0.4, -0.2) is 29.8 Å². The van der Waals surface area contributed by atoms with Crippen molar-refractivity contribution in [2.75, 3.05) is 6.54 Å². The third-order valence-electron chi connectivity index (χ3n) is 11.4. The number of ether oxygens (including phenoxy) is 1. The highest BCUT2D eigenvalue weighted by Crippen LogP contribution is 2.69. The molecule has 0 aromatic rings. The van der Waals surface area contributed by atoms with E-state index < -0.39 is 0 Å². The zero-order chi connectivity index (χ0) is 23.5. The molecule has 2 N–H and O–H groups in total. The lowest BCUT2D eigenvalue weighted by Gasteiger charge is -2.60. The maximum absolute atomic E-state index is 11.2. The van der Waals surface area contributed by atoms with Gasteiger partial charge in [0.25, 0.3) is 0 Å². The van der Waals surface area contributed by atoms with Crippen molar-refractivity contribution >= 4 is 5.91 Å². The molecule has 10 unspecified atom stereocenters. The summed E-state index contributed by atoms with van der Waals surface area (Å²) in [5, 5.41) is 13.3.